The van der Waals surface area contributed by atoms with E-state index in [1.165, 1.54) is 24.4 Å². The molecule has 0 unspecified atom stereocenters. The van der Waals surface area contributed by atoms with E-state index in [9.17, 15) is 9.59 Å². The third kappa shape index (κ3) is 6.00. The van der Waals surface area contributed by atoms with Crippen molar-refractivity contribution in [2.45, 2.75) is 0 Å². The van der Waals surface area contributed by atoms with Crippen LogP contribution < -0.4 is 21.0 Å². The first-order valence-electron chi connectivity index (χ1n) is 12.9. The third-order valence-corrected chi connectivity index (χ3v) is 6.74. The zero-order valence-electron chi connectivity index (χ0n) is 22.1. The number of carbonyl (C=O) groups is 1. The van der Waals surface area contributed by atoms with Crippen LogP contribution in [0.2, 0.25) is 0 Å². The fourth-order valence-electron chi connectivity index (χ4n) is 4.63. The zero-order valence-corrected chi connectivity index (χ0v) is 22.1. The van der Waals surface area contributed by atoms with E-state index < -0.39 is 0 Å². The Morgan fingerprint density at radius 2 is 1.95 bits per heavy atom. The number of carbonyl (C=O) groups excluding carboxylic acids is 1. The van der Waals surface area contributed by atoms with Gasteiger partial charge in [0.2, 0.25) is 11.9 Å². The van der Waals surface area contributed by atoms with Crippen LogP contribution in [0.1, 0.15) is 0 Å². The summed E-state index contributed by atoms with van der Waals surface area (Å²) in [5.74, 6) is -0.466. The number of nitrogens with zero attached hydrogens (tertiary/aromatic N) is 5. The molecule has 1 fully saturated rings. The van der Waals surface area contributed by atoms with Gasteiger partial charge in [-0.3, -0.25) is 14.5 Å². The minimum atomic E-state index is -0.341. The van der Waals surface area contributed by atoms with Crippen molar-refractivity contribution in [2.75, 3.05) is 62.0 Å². The lowest BCUT2D eigenvalue weighted by Crippen LogP contribution is -2.47. The molecular formula is C29H30FN7O3. The second kappa shape index (κ2) is 12.1. The van der Waals surface area contributed by atoms with Gasteiger partial charge in [-0.1, -0.05) is 12.6 Å². The maximum Gasteiger partial charge on any atom is 0.247 e. The molecule has 1 amide bonds. The van der Waals surface area contributed by atoms with Gasteiger partial charge >= 0.3 is 0 Å². The monoisotopic (exact) mass is 543 g/mol. The van der Waals surface area contributed by atoms with Crippen molar-refractivity contribution >= 4 is 40.0 Å². The molecule has 0 spiro atoms. The largest absolute Gasteiger partial charge is 0.383 e. The molecule has 10 nitrogen and oxygen atoms in total. The van der Waals surface area contributed by atoms with Crippen LogP contribution in [0.25, 0.3) is 16.7 Å². The van der Waals surface area contributed by atoms with Crippen LogP contribution in [0.4, 0.5) is 27.4 Å². The summed E-state index contributed by atoms with van der Waals surface area (Å²) in [6.07, 6.45) is 4.24. The van der Waals surface area contributed by atoms with Crippen molar-refractivity contribution in [1.29, 1.82) is 0 Å². The lowest BCUT2D eigenvalue weighted by Gasteiger charge is -2.36. The number of hydrogen-bond acceptors (Lipinski definition) is 8. The number of hydrogen-bond donors (Lipinski definition) is 2. The summed E-state index contributed by atoms with van der Waals surface area (Å²) in [6, 6.07) is 13.5. The third-order valence-electron chi connectivity index (χ3n) is 6.74. The Morgan fingerprint density at radius 1 is 1.12 bits per heavy atom. The number of pyridine rings is 1. The second-order valence-electron chi connectivity index (χ2n) is 9.34. The lowest BCUT2D eigenvalue weighted by molar-refractivity contribution is -0.111. The Hall–Kier alpha value is -4.61. The summed E-state index contributed by atoms with van der Waals surface area (Å²) in [5.41, 5.74) is 2.40. The molecule has 2 N–H and O–H groups in total. The van der Waals surface area contributed by atoms with Crippen molar-refractivity contribution in [2.24, 2.45) is 0 Å². The first-order valence-corrected chi connectivity index (χ1v) is 12.9. The molecule has 3 heterocycles. The number of nitrogens with one attached hydrogen (secondary N) is 2. The minimum absolute atomic E-state index is 0.210. The van der Waals surface area contributed by atoms with Crippen molar-refractivity contribution in [3.05, 3.63) is 89.6 Å². The Kier molecular flexibility index (Phi) is 8.13. The SMILES string of the molecule is C=CC(=O)Nc1cccc(-n2ccc(=O)c3cnc(Nc4ccc(N5CCN(CCOC)CC5)c(F)c4)nc32)c1. The molecule has 0 saturated carbocycles. The van der Waals surface area contributed by atoms with Crippen LogP contribution in [0.15, 0.2) is 78.4 Å². The van der Waals surface area contributed by atoms with Crippen molar-refractivity contribution in [3.63, 3.8) is 0 Å². The summed E-state index contributed by atoms with van der Waals surface area (Å²) < 4.78 is 22.0. The average Bonchev–Trinajstić information content (AvgIpc) is 2.97. The fourth-order valence-corrected chi connectivity index (χ4v) is 4.63. The maximum absolute atomic E-state index is 15.1. The van der Waals surface area contributed by atoms with E-state index in [1.807, 2.05) is 11.0 Å². The van der Waals surface area contributed by atoms with E-state index in [4.69, 9.17) is 4.74 Å². The molecule has 2 aromatic heterocycles. The molecule has 1 aliphatic rings. The number of rotatable bonds is 9. The van der Waals surface area contributed by atoms with Gasteiger partial charge in [0.15, 0.2) is 11.1 Å². The van der Waals surface area contributed by atoms with Gasteiger partial charge in [-0.15, -0.1) is 0 Å². The van der Waals surface area contributed by atoms with Crippen LogP contribution >= 0.6 is 0 Å². The summed E-state index contributed by atoms with van der Waals surface area (Å²) in [7, 11) is 1.69. The normalized spacial score (nSPS) is 13.8. The first-order chi connectivity index (χ1) is 19.4. The molecule has 206 valence electrons. The van der Waals surface area contributed by atoms with Gasteiger partial charge in [0.1, 0.15) is 5.82 Å². The Morgan fingerprint density at radius 3 is 2.70 bits per heavy atom. The number of anilines is 4. The number of aromatic nitrogens is 3. The zero-order chi connectivity index (χ0) is 28.1. The molecule has 0 atom stereocenters. The molecule has 1 saturated heterocycles. The molecule has 0 aliphatic carbocycles. The van der Waals surface area contributed by atoms with E-state index in [0.717, 1.165) is 32.7 Å². The summed E-state index contributed by atoms with van der Waals surface area (Å²) >= 11 is 0. The highest BCUT2D eigenvalue weighted by atomic mass is 19.1. The van der Waals surface area contributed by atoms with Gasteiger partial charge in [-0.05, 0) is 42.5 Å². The quantitative estimate of drug-likeness (QED) is 0.309. The Labute approximate surface area is 230 Å². The molecule has 0 bridgehead atoms. The van der Waals surface area contributed by atoms with Crippen LogP contribution in [0, 0.1) is 5.82 Å². The number of methoxy groups -OCH3 is 1. The standard InChI is InChI=1S/C29H30FN7O3/c1-3-27(39)32-20-5-4-6-22(17-20)37-10-9-26(38)23-19-31-29(34-28(23)37)33-21-7-8-25(24(30)18-21)36-13-11-35(12-14-36)15-16-40-2/h3-10,17-19H,1,11-16H2,2H3,(H,32,39)(H,31,33,34). The van der Waals surface area contributed by atoms with Gasteiger partial charge < -0.3 is 24.8 Å². The molecule has 4 aromatic rings. The highest BCUT2D eigenvalue weighted by molar-refractivity contribution is 5.99. The Balaban J connectivity index is 1.38. The Bertz CT molecular complexity index is 1600. The van der Waals surface area contributed by atoms with Crippen molar-refractivity contribution in [3.8, 4) is 5.69 Å². The maximum atomic E-state index is 15.1. The number of ether oxygens (including phenoxy) is 1. The number of piperazine rings is 1. The first kappa shape index (κ1) is 27.0. The summed E-state index contributed by atoms with van der Waals surface area (Å²) in [6.45, 7) is 8.18. The number of amides is 1. The molecule has 0 radical (unpaired) electrons. The molecule has 40 heavy (non-hydrogen) atoms. The minimum Gasteiger partial charge on any atom is -0.383 e. The second-order valence-corrected chi connectivity index (χ2v) is 9.34. The van der Waals surface area contributed by atoms with Crippen LogP contribution in [0.3, 0.4) is 0 Å². The van der Waals surface area contributed by atoms with E-state index in [-0.39, 0.29) is 23.1 Å². The van der Waals surface area contributed by atoms with Gasteiger partial charge in [-0.2, -0.15) is 4.98 Å². The highest BCUT2D eigenvalue weighted by Crippen LogP contribution is 2.26. The van der Waals surface area contributed by atoms with E-state index >= 15 is 4.39 Å². The molecule has 2 aromatic carbocycles. The molecule has 1 aliphatic heterocycles. The van der Waals surface area contributed by atoms with Gasteiger partial charge in [0.25, 0.3) is 0 Å². The van der Waals surface area contributed by atoms with Crippen LogP contribution in [-0.2, 0) is 9.53 Å². The summed E-state index contributed by atoms with van der Waals surface area (Å²) in [4.78, 5) is 37.5. The predicted octanol–water partition coefficient (Wildman–Crippen LogP) is 3.56. The average molecular weight is 544 g/mol. The van der Waals surface area contributed by atoms with E-state index in [2.05, 4.69) is 32.1 Å². The lowest BCUT2D eigenvalue weighted by atomic mass is 10.2. The molecular weight excluding hydrogens is 513 g/mol. The predicted molar refractivity (Wildman–Crippen MR) is 154 cm³/mol. The van der Waals surface area contributed by atoms with Crippen molar-refractivity contribution in [1.82, 2.24) is 19.4 Å². The van der Waals surface area contributed by atoms with Gasteiger partial charge in [-0.25, -0.2) is 9.37 Å². The number of benzene rings is 2. The van der Waals surface area contributed by atoms with E-state index in [1.54, 1.807) is 48.2 Å². The topological polar surface area (TPSA) is 105 Å². The summed E-state index contributed by atoms with van der Waals surface area (Å²) in [5, 5.41) is 6.10. The van der Waals surface area contributed by atoms with Gasteiger partial charge in [0, 0.05) is 75.4 Å². The van der Waals surface area contributed by atoms with Crippen LogP contribution in [-0.4, -0.2) is 71.8 Å². The number of halogens is 1. The molecule has 11 heteroatoms. The smallest absolute Gasteiger partial charge is 0.247 e. The van der Waals surface area contributed by atoms with Crippen molar-refractivity contribution < 1.29 is 13.9 Å². The number of fused-ring (bicyclic) bond motifs is 1. The highest BCUT2D eigenvalue weighted by Gasteiger charge is 2.19. The fraction of sp³-hybridized carbons (Fsp3) is 0.241. The molecule has 5 rings (SSSR count). The van der Waals surface area contributed by atoms with E-state index in [0.29, 0.717) is 40.4 Å². The van der Waals surface area contributed by atoms with Crippen LogP contribution in [0.5, 0.6) is 0 Å². The van der Waals surface area contributed by atoms with Gasteiger partial charge in [0.05, 0.1) is 17.7 Å².